The number of methoxy groups -OCH3 is 1. The van der Waals surface area contributed by atoms with Crippen LogP contribution < -0.4 is 15.0 Å². The van der Waals surface area contributed by atoms with Crippen LogP contribution in [0.4, 0.5) is 11.4 Å². The number of ether oxygens (including phenoxy) is 1. The van der Waals surface area contributed by atoms with Gasteiger partial charge in [0.1, 0.15) is 11.4 Å². The van der Waals surface area contributed by atoms with Crippen molar-refractivity contribution in [2.45, 2.75) is 25.9 Å². The third-order valence-corrected chi connectivity index (χ3v) is 4.77. The minimum Gasteiger partial charge on any atom is -0.497 e. The Morgan fingerprint density at radius 1 is 1.22 bits per heavy atom. The summed E-state index contributed by atoms with van der Waals surface area (Å²) in [6, 6.07) is 17.5. The number of nitrogens with one attached hydrogen (secondary N) is 1. The Kier molecular flexibility index (Phi) is 4.54. The first-order valence-corrected chi connectivity index (χ1v) is 8.89. The third kappa shape index (κ3) is 3.51. The van der Waals surface area contributed by atoms with Gasteiger partial charge in [0, 0.05) is 24.1 Å². The molecule has 1 amide bonds. The lowest BCUT2D eigenvalue weighted by atomic mass is 10.1. The molecule has 0 spiro atoms. The molecule has 2 heterocycles. The molecule has 6 heteroatoms. The van der Waals surface area contributed by atoms with Crippen LogP contribution in [0.2, 0.25) is 0 Å². The lowest BCUT2D eigenvalue weighted by Gasteiger charge is -2.28. The highest BCUT2D eigenvalue weighted by Gasteiger charge is 2.26. The lowest BCUT2D eigenvalue weighted by Crippen LogP contribution is -2.32. The van der Waals surface area contributed by atoms with Crippen LogP contribution in [0, 0.1) is 0 Å². The van der Waals surface area contributed by atoms with Crippen LogP contribution in [-0.4, -0.2) is 24.2 Å². The molecule has 0 saturated heterocycles. The zero-order valence-corrected chi connectivity index (χ0v) is 15.3. The standard InChI is InChI=1S/C21H21N3O3/c1-14-11-21(25)22-18-5-3-4-6-20(18)24(14)13-17-12-19(23-27-17)15-7-9-16(26-2)10-8-15/h3-10,12,14H,11,13H2,1-2H3,(H,22,25). The van der Waals surface area contributed by atoms with Gasteiger partial charge in [0.05, 0.1) is 25.0 Å². The van der Waals surface area contributed by atoms with Crippen LogP contribution in [-0.2, 0) is 11.3 Å². The molecule has 0 aliphatic carbocycles. The van der Waals surface area contributed by atoms with Crippen LogP contribution in [0.25, 0.3) is 11.3 Å². The van der Waals surface area contributed by atoms with Gasteiger partial charge in [-0.1, -0.05) is 17.3 Å². The molecule has 0 saturated carbocycles. The van der Waals surface area contributed by atoms with E-state index in [0.717, 1.165) is 34.1 Å². The SMILES string of the molecule is COc1ccc(-c2cc(CN3c4ccccc4NC(=O)CC3C)on2)cc1. The Bertz CT molecular complexity index is 949. The predicted molar refractivity (Wildman–Crippen MR) is 104 cm³/mol. The van der Waals surface area contributed by atoms with Gasteiger partial charge in [-0.05, 0) is 43.3 Å². The van der Waals surface area contributed by atoms with Crippen LogP contribution in [0.15, 0.2) is 59.1 Å². The molecule has 4 rings (SSSR count). The van der Waals surface area contributed by atoms with Crippen molar-refractivity contribution in [1.29, 1.82) is 0 Å². The number of benzene rings is 2. The van der Waals surface area contributed by atoms with Crippen molar-refractivity contribution in [2.24, 2.45) is 0 Å². The van der Waals surface area contributed by atoms with E-state index in [1.165, 1.54) is 0 Å². The first-order valence-electron chi connectivity index (χ1n) is 8.89. The number of para-hydroxylation sites is 2. The molecule has 1 N–H and O–H groups in total. The topological polar surface area (TPSA) is 67.6 Å². The monoisotopic (exact) mass is 363 g/mol. The van der Waals surface area contributed by atoms with Gasteiger partial charge < -0.3 is 19.5 Å². The summed E-state index contributed by atoms with van der Waals surface area (Å²) in [4.78, 5) is 14.3. The van der Waals surface area contributed by atoms with E-state index in [0.29, 0.717) is 13.0 Å². The van der Waals surface area contributed by atoms with Crippen molar-refractivity contribution in [3.63, 3.8) is 0 Å². The molecule has 2 aromatic carbocycles. The van der Waals surface area contributed by atoms with E-state index in [4.69, 9.17) is 9.26 Å². The van der Waals surface area contributed by atoms with Crippen molar-refractivity contribution < 1.29 is 14.1 Å². The van der Waals surface area contributed by atoms with Crippen molar-refractivity contribution >= 4 is 17.3 Å². The molecule has 0 radical (unpaired) electrons. The normalized spacial score (nSPS) is 16.4. The average Bonchev–Trinajstić information content (AvgIpc) is 3.11. The van der Waals surface area contributed by atoms with E-state index in [-0.39, 0.29) is 11.9 Å². The molecular formula is C21H21N3O3. The van der Waals surface area contributed by atoms with Crippen LogP contribution >= 0.6 is 0 Å². The lowest BCUT2D eigenvalue weighted by molar-refractivity contribution is -0.116. The second kappa shape index (κ2) is 7.15. The molecule has 1 unspecified atom stereocenters. The Hall–Kier alpha value is -3.28. The minimum absolute atomic E-state index is 0.0222. The van der Waals surface area contributed by atoms with Crippen molar-refractivity contribution in [2.75, 3.05) is 17.3 Å². The summed E-state index contributed by atoms with van der Waals surface area (Å²) in [6.07, 6.45) is 0.425. The second-order valence-corrected chi connectivity index (χ2v) is 6.65. The molecule has 6 nitrogen and oxygen atoms in total. The molecule has 0 fully saturated rings. The zero-order valence-electron chi connectivity index (χ0n) is 15.3. The van der Waals surface area contributed by atoms with Crippen molar-refractivity contribution in [3.8, 4) is 17.0 Å². The molecule has 1 aromatic heterocycles. The van der Waals surface area contributed by atoms with Crippen LogP contribution in [0.5, 0.6) is 5.75 Å². The molecule has 138 valence electrons. The number of nitrogens with zero attached hydrogens (tertiary/aromatic N) is 2. The minimum atomic E-state index is 0.0222. The van der Waals surface area contributed by atoms with E-state index in [2.05, 4.69) is 15.4 Å². The Balaban J connectivity index is 1.60. The quantitative estimate of drug-likeness (QED) is 0.756. The predicted octanol–water partition coefficient (Wildman–Crippen LogP) is 4.09. The molecule has 1 aliphatic rings. The number of amides is 1. The number of rotatable bonds is 4. The van der Waals surface area contributed by atoms with Gasteiger partial charge in [-0.15, -0.1) is 0 Å². The maximum atomic E-state index is 12.1. The van der Waals surface area contributed by atoms with Gasteiger partial charge in [0.25, 0.3) is 0 Å². The van der Waals surface area contributed by atoms with Gasteiger partial charge >= 0.3 is 0 Å². The largest absolute Gasteiger partial charge is 0.497 e. The highest BCUT2D eigenvalue weighted by Crippen LogP contribution is 2.33. The van der Waals surface area contributed by atoms with E-state index in [1.54, 1.807) is 7.11 Å². The zero-order chi connectivity index (χ0) is 18.8. The number of fused-ring (bicyclic) bond motifs is 1. The number of carbonyl (C=O) groups excluding carboxylic acids is 1. The number of hydrogen-bond acceptors (Lipinski definition) is 5. The van der Waals surface area contributed by atoms with E-state index >= 15 is 0 Å². The summed E-state index contributed by atoms with van der Waals surface area (Å²) >= 11 is 0. The summed E-state index contributed by atoms with van der Waals surface area (Å²) in [5, 5.41) is 7.17. The Morgan fingerprint density at radius 2 is 2.00 bits per heavy atom. The molecule has 3 aromatic rings. The second-order valence-electron chi connectivity index (χ2n) is 6.65. The van der Waals surface area contributed by atoms with Crippen LogP contribution in [0.3, 0.4) is 0 Å². The van der Waals surface area contributed by atoms with E-state index in [1.807, 2.05) is 61.5 Å². The van der Waals surface area contributed by atoms with Gasteiger partial charge in [-0.2, -0.15) is 0 Å². The fraction of sp³-hybridized carbons (Fsp3) is 0.238. The number of anilines is 2. The molecule has 1 aliphatic heterocycles. The smallest absolute Gasteiger partial charge is 0.226 e. The summed E-state index contributed by atoms with van der Waals surface area (Å²) in [6.45, 7) is 2.58. The Morgan fingerprint density at radius 3 is 2.78 bits per heavy atom. The van der Waals surface area contributed by atoms with Gasteiger partial charge in [0.15, 0.2) is 5.76 Å². The molecular weight excluding hydrogens is 342 g/mol. The molecule has 0 bridgehead atoms. The average molecular weight is 363 g/mol. The fourth-order valence-corrected chi connectivity index (χ4v) is 3.34. The third-order valence-electron chi connectivity index (χ3n) is 4.77. The number of aromatic nitrogens is 1. The van der Waals surface area contributed by atoms with Gasteiger partial charge in [-0.25, -0.2) is 0 Å². The Labute approximate surface area is 157 Å². The first-order chi connectivity index (χ1) is 13.1. The number of carbonyl (C=O) groups is 1. The summed E-state index contributed by atoms with van der Waals surface area (Å²) in [7, 11) is 1.64. The highest BCUT2D eigenvalue weighted by atomic mass is 16.5. The van der Waals surface area contributed by atoms with Gasteiger partial charge in [-0.3, -0.25) is 4.79 Å². The summed E-state index contributed by atoms with van der Waals surface area (Å²) in [5.41, 5.74) is 3.55. The van der Waals surface area contributed by atoms with Crippen molar-refractivity contribution in [3.05, 3.63) is 60.4 Å². The van der Waals surface area contributed by atoms with E-state index < -0.39 is 0 Å². The maximum absolute atomic E-state index is 12.1. The molecule has 1 atom stereocenters. The van der Waals surface area contributed by atoms with Crippen LogP contribution in [0.1, 0.15) is 19.1 Å². The summed E-state index contributed by atoms with van der Waals surface area (Å²) < 4.78 is 10.8. The van der Waals surface area contributed by atoms with Gasteiger partial charge in [0.2, 0.25) is 5.91 Å². The first kappa shape index (κ1) is 17.1. The molecule has 27 heavy (non-hydrogen) atoms. The fourth-order valence-electron chi connectivity index (χ4n) is 3.34. The summed E-state index contributed by atoms with van der Waals surface area (Å²) in [5.74, 6) is 1.57. The van der Waals surface area contributed by atoms with Crippen molar-refractivity contribution in [1.82, 2.24) is 5.16 Å². The van der Waals surface area contributed by atoms with E-state index in [9.17, 15) is 4.79 Å². The maximum Gasteiger partial charge on any atom is 0.226 e. The highest BCUT2D eigenvalue weighted by molar-refractivity contribution is 5.96. The number of hydrogen-bond donors (Lipinski definition) is 1.